The summed E-state index contributed by atoms with van der Waals surface area (Å²) >= 11 is 23.4. The van der Waals surface area contributed by atoms with Gasteiger partial charge in [0.05, 0.1) is 23.3 Å². The molecule has 170 valence electrons. The van der Waals surface area contributed by atoms with Crippen LogP contribution in [0.2, 0.25) is 10.0 Å². The van der Waals surface area contributed by atoms with Crippen molar-refractivity contribution in [3.63, 3.8) is 0 Å². The normalized spacial score (nSPS) is 11.1. The van der Waals surface area contributed by atoms with Crippen molar-refractivity contribution in [2.45, 2.75) is 19.2 Å². The molecule has 31 heavy (non-hydrogen) atoms. The minimum absolute atomic E-state index is 0.0865. The van der Waals surface area contributed by atoms with Crippen molar-refractivity contribution in [3.8, 4) is 23.0 Å². The average Bonchev–Trinajstić information content (AvgIpc) is 2.65. The molecule has 0 spiro atoms. The van der Waals surface area contributed by atoms with Gasteiger partial charge in [-0.25, -0.2) is 0 Å². The molecule has 2 aromatic carbocycles. The highest BCUT2D eigenvalue weighted by Crippen LogP contribution is 2.37. The number of hydrogen-bond donors (Lipinski definition) is 0. The van der Waals surface area contributed by atoms with E-state index < -0.39 is 6.36 Å². The number of halogens is 7. The molecular formula is C20H17Cl4F3O4. The van der Waals surface area contributed by atoms with Crippen LogP contribution in [0.4, 0.5) is 13.2 Å². The van der Waals surface area contributed by atoms with Crippen LogP contribution in [0, 0.1) is 0 Å². The summed E-state index contributed by atoms with van der Waals surface area (Å²) in [6, 6.07) is 8.43. The van der Waals surface area contributed by atoms with Gasteiger partial charge in [0.2, 0.25) is 0 Å². The SMILES string of the molecule is FC(F)(F)Oc1cccc(OCCCCOc2c(Cl)cc(OCC=C(Cl)Cl)cc2Cl)c1. The van der Waals surface area contributed by atoms with Gasteiger partial charge in [-0.3, -0.25) is 0 Å². The van der Waals surface area contributed by atoms with E-state index in [-0.39, 0.29) is 39.2 Å². The van der Waals surface area contributed by atoms with E-state index in [4.69, 9.17) is 60.6 Å². The Balaban J connectivity index is 1.74. The Morgan fingerprint density at radius 3 is 2.06 bits per heavy atom. The standard InChI is InChI=1S/C20H17Cl4F3O4/c21-16-11-15(29-9-6-18(23)24)12-17(22)19(16)30-8-2-1-7-28-13-4-3-5-14(10-13)31-20(25,26)27/h3-6,10-12H,1-2,7-9H2. The maximum absolute atomic E-state index is 12.3. The zero-order chi connectivity index (χ0) is 22.9. The van der Waals surface area contributed by atoms with E-state index >= 15 is 0 Å². The average molecular weight is 520 g/mol. The monoisotopic (exact) mass is 518 g/mol. The molecule has 0 bridgehead atoms. The third-order valence-corrected chi connectivity index (χ3v) is 4.42. The third-order valence-electron chi connectivity index (χ3n) is 3.55. The maximum Gasteiger partial charge on any atom is 0.573 e. The van der Waals surface area contributed by atoms with Gasteiger partial charge >= 0.3 is 6.36 Å². The van der Waals surface area contributed by atoms with Crippen LogP contribution < -0.4 is 18.9 Å². The fraction of sp³-hybridized carbons (Fsp3) is 0.300. The maximum atomic E-state index is 12.3. The minimum atomic E-state index is -4.75. The Morgan fingerprint density at radius 2 is 1.45 bits per heavy atom. The minimum Gasteiger partial charge on any atom is -0.493 e. The molecule has 2 rings (SSSR count). The summed E-state index contributed by atoms with van der Waals surface area (Å²) in [5.41, 5.74) is 0. The van der Waals surface area contributed by atoms with Gasteiger partial charge < -0.3 is 18.9 Å². The third kappa shape index (κ3) is 9.99. The molecule has 0 radical (unpaired) electrons. The lowest BCUT2D eigenvalue weighted by Crippen LogP contribution is -2.17. The first kappa shape index (κ1) is 25.6. The highest BCUT2D eigenvalue weighted by molar-refractivity contribution is 6.55. The molecule has 0 aliphatic rings. The van der Waals surface area contributed by atoms with Gasteiger partial charge in [-0.2, -0.15) is 0 Å². The van der Waals surface area contributed by atoms with E-state index in [1.165, 1.54) is 24.3 Å². The van der Waals surface area contributed by atoms with Crippen molar-refractivity contribution >= 4 is 46.4 Å². The summed E-state index contributed by atoms with van der Waals surface area (Å²) in [4.78, 5) is 0. The van der Waals surface area contributed by atoms with Crippen molar-refractivity contribution in [3.05, 3.63) is 57.0 Å². The molecule has 0 aromatic heterocycles. The van der Waals surface area contributed by atoms with E-state index in [1.807, 2.05) is 0 Å². The molecule has 2 aromatic rings. The summed E-state index contributed by atoms with van der Waals surface area (Å²) in [6.07, 6.45) is -2.09. The van der Waals surface area contributed by atoms with Crippen molar-refractivity contribution in [1.29, 1.82) is 0 Å². The van der Waals surface area contributed by atoms with Crippen LogP contribution in [-0.2, 0) is 0 Å². The van der Waals surface area contributed by atoms with Gasteiger partial charge in [0.1, 0.15) is 28.3 Å². The van der Waals surface area contributed by atoms with Crippen LogP contribution in [-0.4, -0.2) is 26.2 Å². The van der Waals surface area contributed by atoms with Crippen LogP contribution in [0.3, 0.4) is 0 Å². The predicted molar refractivity (Wildman–Crippen MR) is 115 cm³/mol. The topological polar surface area (TPSA) is 36.9 Å². The Morgan fingerprint density at radius 1 is 0.839 bits per heavy atom. The molecule has 0 aliphatic carbocycles. The van der Waals surface area contributed by atoms with Crippen molar-refractivity contribution in [2.24, 2.45) is 0 Å². The number of alkyl halides is 3. The number of hydrogen-bond acceptors (Lipinski definition) is 4. The molecule has 0 atom stereocenters. The molecule has 0 saturated carbocycles. The summed E-state index contributed by atoms with van der Waals surface area (Å²) < 4.78 is 57.2. The number of ether oxygens (including phenoxy) is 4. The lowest BCUT2D eigenvalue weighted by Gasteiger charge is -2.13. The lowest BCUT2D eigenvalue weighted by molar-refractivity contribution is -0.274. The van der Waals surface area contributed by atoms with Gasteiger partial charge in [-0.15, -0.1) is 13.2 Å². The van der Waals surface area contributed by atoms with E-state index in [1.54, 1.807) is 18.2 Å². The van der Waals surface area contributed by atoms with Crippen LogP contribution in [0.5, 0.6) is 23.0 Å². The molecule has 0 unspecified atom stereocenters. The molecule has 0 amide bonds. The highest BCUT2D eigenvalue weighted by Gasteiger charge is 2.31. The van der Waals surface area contributed by atoms with Crippen molar-refractivity contribution < 1.29 is 32.1 Å². The van der Waals surface area contributed by atoms with E-state index in [2.05, 4.69) is 4.74 Å². The zero-order valence-electron chi connectivity index (χ0n) is 15.9. The fourth-order valence-electron chi connectivity index (χ4n) is 2.29. The number of benzene rings is 2. The second-order valence-corrected chi connectivity index (χ2v) is 7.77. The Labute approximate surface area is 197 Å². The first-order valence-electron chi connectivity index (χ1n) is 8.88. The van der Waals surface area contributed by atoms with Gasteiger partial charge in [0.15, 0.2) is 5.75 Å². The van der Waals surface area contributed by atoms with E-state index in [0.29, 0.717) is 30.9 Å². The second kappa shape index (κ2) is 12.4. The smallest absolute Gasteiger partial charge is 0.493 e. The zero-order valence-corrected chi connectivity index (χ0v) is 18.9. The Bertz CT molecular complexity index is 864. The summed E-state index contributed by atoms with van der Waals surface area (Å²) in [5.74, 6) is 0.680. The predicted octanol–water partition coefficient (Wildman–Crippen LogP) is 7.83. The molecule has 0 heterocycles. The lowest BCUT2D eigenvalue weighted by atomic mass is 10.3. The molecular weight excluding hydrogens is 503 g/mol. The second-order valence-electron chi connectivity index (χ2n) is 5.95. The van der Waals surface area contributed by atoms with Gasteiger partial charge in [-0.05, 0) is 31.1 Å². The quantitative estimate of drug-likeness (QED) is 0.283. The molecule has 11 heteroatoms. The highest BCUT2D eigenvalue weighted by atomic mass is 35.5. The largest absolute Gasteiger partial charge is 0.573 e. The van der Waals surface area contributed by atoms with Gasteiger partial charge in [0, 0.05) is 18.2 Å². The van der Waals surface area contributed by atoms with Crippen molar-refractivity contribution in [1.82, 2.24) is 0 Å². The number of rotatable bonds is 11. The molecule has 0 saturated heterocycles. The van der Waals surface area contributed by atoms with Crippen LogP contribution in [0.1, 0.15) is 12.8 Å². The number of unbranched alkanes of at least 4 members (excludes halogenated alkanes) is 1. The summed E-state index contributed by atoms with van der Waals surface area (Å²) in [7, 11) is 0. The molecule has 0 fully saturated rings. The fourth-order valence-corrected chi connectivity index (χ4v) is 2.99. The summed E-state index contributed by atoms with van der Waals surface area (Å²) in [5, 5.41) is 0.558. The van der Waals surface area contributed by atoms with Crippen LogP contribution in [0.15, 0.2) is 47.0 Å². The molecule has 4 nitrogen and oxygen atoms in total. The van der Waals surface area contributed by atoms with Crippen LogP contribution in [0.25, 0.3) is 0 Å². The van der Waals surface area contributed by atoms with Crippen molar-refractivity contribution in [2.75, 3.05) is 19.8 Å². The first-order valence-corrected chi connectivity index (χ1v) is 10.4. The van der Waals surface area contributed by atoms with Gasteiger partial charge in [-0.1, -0.05) is 52.5 Å². The molecule has 0 N–H and O–H groups in total. The van der Waals surface area contributed by atoms with Crippen LogP contribution >= 0.6 is 46.4 Å². The van der Waals surface area contributed by atoms with Gasteiger partial charge in [0.25, 0.3) is 0 Å². The Hall–Kier alpha value is -1.67. The molecule has 0 aliphatic heterocycles. The van der Waals surface area contributed by atoms with E-state index in [9.17, 15) is 13.2 Å². The summed E-state index contributed by atoms with van der Waals surface area (Å²) in [6.45, 7) is 0.745. The van der Waals surface area contributed by atoms with E-state index in [0.717, 1.165) is 0 Å². The Kier molecular flexibility index (Phi) is 10.2. The first-order chi connectivity index (χ1) is 14.6.